The van der Waals surface area contributed by atoms with E-state index in [9.17, 15) is 4.79 Å². The van der Waals surface area contributed by atoms with E-state index in [1.807, 2.05) is 24.3 Å². The van der Waals surface area contributed by atoms with Gasteiger partial charge < -0.3 is 5.32 Å². The lowest BCUT2D eigenvalue weighted by Crippen LogP contribution is -2.32. The predicted octanol–water partition coefficient (Wildman–Crippen LogP) is 3.60. The molecule has 1 rings (SSSR count). The van der Waals surface area contributed by atoms with Gasteiger partial charge in [-0.05, 0) is 48.1 Å². The Hall–Kier alpha value is -0.580. The highest BCUT2D eigenvalue weighted by atomic mass is 127. The van der Waals surface area contributed by atoms with Crippen LogP contribution in [0.1, 0.15) is 43.5 Å². The number of unbranched alkanes of at least 4 members (excludes halogenated alkanes) is 1. The summed E-state index contributed by atoms with van der Waals surface area (Å²) in [5.74, 6) is 0.0357. The van der Waals surface area contributed by atoms with E-state index >= 15 is 0 Å². The van der Waals surface area contributed by atoms with Crippen molar-refractivity contribution in [1.29, 1.82) is 0 Å². The highest BCUT2D eigenvalue weighted by Crippen LogP contribution is 2.11. The Labute approximate surface area is 111 Å². The van der Waals surface area contributed by atoms with Gasteiger partial charge in [-0.1, -0.05) is 31.9 Å². The van der Waals surface area contributed by atoms with Crippen LogP contribution in [0.3, 0.4) is 0 Å². The van der Waals surface area contributed by atoms with Gasteiger partial charge in [0.2, 0.25) is 0 Å². The fourth-order valence-electron chi connectivity index (χ4n) is 1.53. The molecule has 88 valence electrons. The molecular formula is C13H18INO. The highest BCUT2D eigenvalue weighted by Gasteiger charge is 2.11. The van der Waals surface area contributed by atoms with Crippen LogP contribution in [-0.2, 0) is 0 Å². The third kappa shape index (κ3) is 4.12. The fraction of sp³-hybridized carbons (Fsp3) is 0.462. The van der Waals surface area contributed by atoms with Crippen LogP contribution in [0.25, 0.3) is 0 Å². The quantitative estimate of drug-likeness (QED) is 0.821. The van der Waals surface area contributed by atoms with Gasteiger partial charge in [-0.2, -0.15) is 0 Å². The van der Waals surface area contributed by atoms with Crippen LogP contribution in [0.4, 0.5) is 0 Å². The molecule has 0 saturated heterocycles. The first-order chi connectivity index (χ1) is 7.65. The summed E-state index contributed by atoms with van der Waals surface area (Å²) in [7, 11) is 0. The summed E-state index contributed by atoms with van der Waals surface area (Å²) in [5.41, 5.74) is 0.770. The standard InChI is InChI=1S/C13H18INO/c1-3-4-7-10(2)15-13(16)11-8-5-6-9-12(11)14/h5-6,8-10H,3-4,7H2,1-2H3,(H,15,16). The van der Waals surface area contributed by atoms with Gasteiger partial charge in [-0.25, -0.2) is 0 Å². The molecule has 1 N–H and O–H groups in total. The summed E-state index contributed by atoms with van der Waals surface area (Å²) < 4.78 is 1.00. The van der Waals surface area contributed by atoms with Crippen molar-refractivity contribution in [2.75, 3.05) is 0 Å². The van der Waals surface area contributed by atoms with Crippen LogP contribution in [0.15, 0.2) is 24.3 Å². The third-order valence-corrected chi connectivity index (χ3v) is 3.43. The van der Waals surface area contributed by atoms with E-state index in [0.29, 0.717) is 0 Å². The Morgan fingerprint density at radius 3 is 2.75 bits per heavy atom. The lowest BCUT2D eigenvalue weighted by atomic mass is 10.1. The van der Waals surface area contributed by atoms with E-state index in [1.54, 1.807) is 0 Å². The molecule has 1 aromatic carbocycles. The average Bonchev–Trinajstić information content (AvgIpc) is 2.26. The number of carbonyl (C=O) groups is 1. The van der Waals surface area contributed by atoms with E-state index in [2.05, 4.69) is 41.8 Å². The maximum atomic E-state index is 11.9. The molecule has 16 heavy (non-hydrogen) atoms. The molecule has 2 nitrogen and oxygen atoms in total. The van der Waals surface area contributed by atoms with E-state index in [-0.39, 0.29) is 11.9 Å². The van der Waals surface area contributed by atoms with Crippen LogP contribution >= 0.6 is 22.6 Å². The first-order valence-corrected chi connectivity index (χ1v) is 6.78. The topological polar surface area (TPSA) is 29.1 Å². The van der Waals surface area contributed by atoms with E-state index < -0.39 is 0 Å². The normalized spacial score (nSPS) is 12.2. The number of carbonyl (C=O) groups excluding carboxylic acids is 1. The van der Waals surface area contributed by atoms with Gasteiger partial charge >= 0.3 is 0 Å². The predicted molar refractivity (Wildman–Crippen MR) is 75.6 cm³/mol. The molecule has 0 saturated carbocycles. The van der Waals surface area contributed by atoms with Crippen molar-refractivity contribution in [3.05, 3.63) is 33.4 Å². The number of amides is 1. The van der Waals surface area contributed by atoms with E-state index in [0.717, 1.165) is 22.0 Å². The molecule has 0 aliphatic heterocycles. The Morgan fingerprint density at radius 1 is 1.44 bits per heavy atom. The number of hydrogen-bond acceptors (Lipinski definition) is 1. The molecule has 1 amide bonds. The highest BCUT2D eigenvalue weighted by molar-refractivity contribution is 14.1. The van der Waals surface area contributed by atoms with Crippen molar-refractivity contribution in [3.63, 3.8) is 0 Å². The summed E-state index contributed by atoms with van der Waals surface area (Å²) in [6.07, 6.45) is 3.38. The molecule has 0 aliphatic carbocycles. The van der Waals surface area contributed by atoms with Crippen molar-refractivity contribution in [1.82, 2.24) is 5.32 Å². The number of rotatable bonds is 5. The largest absolute Gasteiger partial charge is 0.350 e. The second-order valence-corrected chi connectivity index (χ2v) is 5.16. The maximum absolute atomic E-state index is 11.9. The Morgan fingerprint density at radius 2 is 2.12 bits per heavy atom. The zero-order valence-electron chi connectivity index (χ0n) is 9.79. The molecule has 1 unspecified atom stereocenters. The third-order valence-electron chi connectivity index (χ3n) is 2.49. The van der Waals surface area contributed by atoms with Crippen LogP contribution in [0.5, 0.6) is 0 Å². The first kappa shape index (κ1) is 13.5. The molecule has 0 bridgehead atoms. The van der Waals surface area contributed by atoms with E-state index in [1.165, 1.54) is 6.42 Å². The molecule has 0 spiro atoms. The summed E-state index contributed by atoms with van der Waals surface area (Å²) >= 11 is 2.19. The molecule has 1 atom stereocenters. The lowest BCUT2D eigenvalue weighted by Gasteiger charge is -2.13. The van der Waals surface area contributed by atoms with Crippen LogP contribution in [-0.4, -0.2) is 11.9 Å². The van der Waals surface area contributed by atoms with Crippen molar-refractivity contribution in [2.24, 2.45) is 0 Å². The molecule has 3 heteroatoms. The maximum Gasteiger partial charge on any atom is 0.252 e. The fourth-order valence-corrected chi connectivity index (χ4v) is 2.16. The van der Waals surface area contributed by atoms with Gasteiger partial charge in [0.25, 0.3) is 5.91 Å². The summed E-state index contributed by atoms with van der Waals surface area (Å²) in [4.78, 5) is 11.9. The summed E-state index contributed by atoms with van der Waals surface area (Å²) in [5, 5.41) is 3.03. The van der Waals surface area contributed by atoms with Gasteiger partial charge in [0, 0.05) is 9.61 Å². The zero-order chi connectivity index (χ0) is 12.0. The SMILES string of the molecule is CCCCC(C)NC(=O)c1ccccc1I. The summed E-state index contributed by atoms with van der Waals surface area (Å²) in [6.45, 7) is 4.22. The monoisotopic (exact) mass is 331 g/mol. The summed E-state index contributed by atoms with van der Waals surface area (Å²) in [6, 6.07) is 7.91. The van der Waals surface area contributed by atoms with E-state index in [4.69, 9.17) is 0 Å². The van der Waals surface area contributed by atoms with Crippen molar-refractivity contribution < 1.29 is 4.79 Å². The number of benzene rings is 1. The molecule has 0 radical (unpaired) electrons. The lowest BCUT2D eigenvalue weighted by molar-refractivity contribution is 0.0937. The van der Waals surface area contributed by atoms with Gasteiger partial charge in [0.15, 0.2) is 0 Å². The molecule has 0 heterocycles. The van der Waals surface area contributed by atoms with Crippen LogP contribution < -0.4 is 5.32 Å². The molecular weight excluding hydrogens is 313 g/mol. The minimum atomic E-state index is 0.0357. The molecule has 0 aliphatic rings. The van der Waals surface area contributed by atoms with Crippen molar-refractivity contribution >= 4 is 28.5 Å². The Balaban J connectivity index is 2.56. The second-order valence-electron chi connectivity index (χ2n) is 4.00. The van der Waals surface area contributed by atoms with Crippen LogP contribution in [0.2, 0.25) is 0 Å². The Kier molecular flexibility index (Phi) is 5.80. The van der Waals surface area contributed by atoms with Crippen LogP contribution in [0, 0.1) is 3.57 Å². The van der Waals surface area contributed by atoms with Gasteiger partial charge in [0.05, 0.1) is 5.56 Å². The first-order valence-electron chi connectivity index (χ1n) is 5.70. The average molecular weight is 331 g/mol. The van der Waals surface area contributed by atoms with Gasteiger partial charge in [0.1, 0.15) is 0 Å². The smallest absolute Gasteiger partial charge is 0.252 e. The minimum Gasteiger partial charge on any atom is -0.350 e. The zero-order valence-corrected chi connectivity index (χ0v) is 12.0. The molecule has 1 aromatic rings. The van der Waals surface area contributed by atoms with Crippen molar-refractivity contribution in [3.8, 4) is 0 Å². The number of halogens is 1. The van der Waals surface area contributed by atoms with Gasteiger partial charge in [-0.3, -0.25) is 4.79 Å². The van der Waals surface area contributed by atoms with Gasteiger partial charge in [-0.15, -0.1) is 0 Å². The number of hydrogen-bond donors (Lipinski definition) is 1. The van der Waals surface area contributed by atoms with Crippen molar-refractivity contribution in [2.45, 2.75) is 39.2 Å². The second kappa shape index (κ2) is 6.89. The molecule has 0 fully saturated rings. The Bertz CT molecular complexity index is 352. The number of nitrogens with one attached hydrogen (secondary N) is 1. The minimum absolute atomic E-state index is 0.0357. The molecule has 0 aromatic heterocycles.